The van der Waals surface area contributed by atoms with Crippen LogP contribution in [0.2, 0.25) is 0 Å². The van der Waals surface area contributed by atoms with Crippen LogP contribution in [0.5, 0.6) is 0 Å². The van der Waals surface area contributed by atoms with Gasteiger partial charge in [0.2, 0.25) is 5.91 Å². The number of carbonyl (C=O) groups is 1. The van der Waals surface area contributed by atoms with Crippen molar-refractivity contribution in [3.05, 3.63) is 35.6 Å². The number of carbonyl (C=O) groups excluding carboxylic acids is 1. The molecule has 0 unspecified atom stereocenters. The van der Waals surface area contributed by atoms with Crippen LogP contribution < -0.4 is 5.32 Å². The molecule has 0 radical (unpaired) electrons. The van der Waals surface area contributed by atoms with Crippen LogP contribution in [0.15, 0.2) is 24.3 Å². The zero-order valence-electron chi connectivity index (χ0n) is 12.6. The molecule has 3 nitrogen and oxygen atoms in total. The molecule has 1 saturated carbocycles. The molecule has 0 spiro atoms. The molecule has 1 fully saturated rings. The van der Waals surface area contributed by atoms with E-state index in [1.165, 1.54) is 12.1 Å². The fraction of sp³-hybridized carbons (Fsp3) is 0.588. The number of nitrogens with one attached hydrogen (secondary N) is 1. The average Bonchev–Trinajstić information content (AvgIpc) is 2.49. The van der Waals surface area contributed by atoms with Crippen molar-refractivity contribution in [2.45, 2.75) is 51.0 Å². The van der Waals surface area contributed by atoms with E-state index in [2.05, 4.69) is 12.2 Å². The zero-order valence-corrected chi connectivity index (χ0v) is 12.6. The molecule has 0 atom stereocenters. The summed E-state index contributed by atoms with van der Waals surface area (Å²) in [7, 11) is 0. The van der Waals surface area contributed by atoms with Gasteiger partial charge in [-0.25, -0.2) is 4.39 Å². The highest BCUT2D eigenvalue weighted by Gasteiger charge is 2.32. The second-order valence-corrected chi connectivity index (χ2v) is 6.16. The van der Waals surface area contributed by atoms with Gasteiger partial charge in [0.15, 0.2) is 0 Å². The van der Waals surface area contributed by atoms with Crippen LogP contribution >= 0.6 is 0 Å². The average molecular weight is 293 g/mol. The molecule has 1 aromatic rings. The largest absolute Gasteiger partial charge is 0.388 e. The maximum atomic E-state index is 12.8. The lowest BCUT2D eigenvalue weighted by Gasteiger charge is -2.35. The Balaban J connectivity index is 1.77. The first-order chi connectivity index (χ1) is 10.0. The summed E-state index contributed by atoms with van der Waals surface area (Å²) in [6.07, 6.45) is 4.94. The second-order valence-electron chi connectivity index (χ2n) is 6.16. The third-order valence-corrected chi connectivity index (χ3v) is 4.51. The highest BCUT2D eigenvalue weighted by Crippen LogP contribution is 2.33. The smallest absolute Gasteiger partial charge is 0.224 e. The Labute approximate surface area is 125 Å². The van der Waals surface area contributed by atoms with Crippen molar-refractivity contribution in [1.29, 1.82) is 0 Å². The van der Waals surface area contributed by atoms with Crippen LogP contribution in [0.25, 0.3) is 0 Å². The summed E-state index contributed by atoms with van der Waals surface area (Å²) >= 11 is 0. The highest BCUT2D eigenvalue weighted by molar-refractivity contribution is 5.78. The zero-order chi connectivity index (χ0) is 15.3. The van der Waals surface area contributed by atoms with Gasteiger partial charge in [-0.2, -0.15) is 0 Å². The lowest BCUT2D eigenvalue weighted by molar-refractivity contribution is -0.122. The molecule has 0 saturated heterocycles. The first-order valence-electron chi connectivity index (χ1n) is 7.74. The van der Waals surface area contributed by atoms with Crippen molar-refractivity contribution in [2.24, 2.45) is 5.92 Å². The molecular weight excluding hydrogens is 269 g/mol. The number of halogens is 1. The Bertz CT molecular complexity index is 464. The fourth-order valence-electron chi connectivity index (χ4n) is 2.91. The molecule has 0 aromatic heterocycles. The van der Waals surface area contributed by atoms with E-state index >= 15 is 0 Å². The van der Waals surface area contributed by atoms with Crippen LogP contribution in [0.3, 0.4) is 0 Å². The molecule has 0 bridgehead atoms. The molecule has 21 heavy (non-hydrogen) atoms. The molecule has 0 heterocycles. The summed E-state index contributed by atoms with van der Waals surface area (Å²) in [6, 6.07) is 5.91. The monoisotopic (exact) mass is 293 g/mol. The summed E-state index contributed by atoms with van der Waals surface area (Å²) in [5.74, 6) is 0.272. The van der Waals surface area contributed by atoms with E-state index in [-0.39, 0.29) is 18.1 Å². The van der Waals surface area contributed by atoms with Gasteiger partial charge in [0.05, 0.1) is 12.0 Å². The Kier molecular flexibility index (Phi) is 5.34. The van der Waals surface area contributed by atoms with Crippen molar-refractivity contribution in [3.8, 4) is 0 Å². The van der Waals surface area contributed by atoms with Gasteiger partial charge in [-0.05, 0) is 49.3 Å². The number of aliphatic hydroxyl groups is 1. The minimum atomic E-state index is -0.760. The molecule has 0 aliphatic heterocycles. The van der Waals surface area contributed by atoms with Gasteiger partial charge in [0.1, 0.15) is 5.82 Å². The van der Waals surface area contributed by atoms with E-state index in [9.17, 15) is 14.3 Å². The summed E-state index contributed by atoms with van der Waals surface area (Å²) in [5, 5.41) is 13.3. The third-order valence-electron chi connectivity index (χ3n) is 4.51. The quantitative estimate of drug-likeness (QED) is 0.877. The van der Waals surface area contributed by atoms with Crippen molar-refractivity contribution in [1.82, 2.24) is 5.32 Å². The van der Waals surface area contributed by atoms with Gasteiger partial charge in [-0.1, -0.05) is 25.5 Å². The van der Waals surface area contributed by atoms with Crippen LogP contribution in [0, 0.1) is 11.7 Å². The first-order valence-corrected chi connectivity index (χ1v) is 7.74. The number of benzene rings is 1. The van der Waals surface area contributed by atoms with E-state index < -0.39 is 5.60 Å². The molecule has 1 amide bonds. The molecule has 4 heteroatoms. The lowest BCUT2D eigenvalue weighted by atomic mass is 9.78. The third kappa shape index (κ3) is 4.81. The van der Waals surface area contributed by atoms with Crippen molar-refractivity contribution in [3.63, 3.8) is 0 Å². The van der Waals surface area contributed by atoms with E-state index in [0.717, 1.165) is 37.7 Å². The van der Waals surface area contributed by atoms with Crippen LogP contribution in [0.1, 0.15) is 44.6 Å². The summed E-state index contributed by atoms with van der Waals surface area (Å²) < 4.78 is 12.8. The molecular formula is C17H24FNO2. The second kappa shape index (κ2) is 7.03. The maximum absolute atomic E-state index is 12.8. The first kappa shape index (κ1) is 16.0. The van der Waals surface area contributed by atoms with Crippen LogP contribution in [-0.2, 0) is 11.2 Å². The predicted octanol–water partition coefficient (Wildman–Crippen LogP) is 2.82. The van der Waals surface area contributed by atoms with Crippen molar-refractivity contribution in [2.75, 3.05) is 6.54 Å². The van der Waals surface area contributed by atoms with E-state index in [0.29, 0.717) is 12.5 Å². The number of rotatable bonds is 5. The minimum absolute atomic E-state index is 0.132. The number of hydrogen-bond donors (Lipinski definition) is 2. The number of hydrogen-bond acceptors (Lipinski definition) is 2. The molecule has 1 aliphatic carbocycles. The van der Waals surface area contributed by atoms with E-state index in [4.69, 9.17) is 0 Å². The summed E-state index contributed by atoms with van der Waals surface area (Å²) in [4.78, 5) is 11.9. The summed E-state index contributed by atoms with van der Waals surface area (Å²) in [5.41, 5.74) is 0.0139. The van der Waals surface area contributed by atoms with E-state index in [1.807, 2.05) is 0 Å². The summed E-state index contributed by atoms with van der Waals surface area (Å²) in [6.45, 7) is 2.49. The molecule has 2 rings (SSSR count). The molecule has 1 aliphatic rings. The van der Waals surface area contributed by atoms with Gasteiger partial charge in [-0.15, -0.1) is 0 Å². The van der Waals surface area contributed by atoms with Gasteiger partial charge in [-0.3, -0.25) is 4.79 Å². The lowest BCUT2D eigenvalue weighted by Crippen LogP contribution is -2.45. The Morgan fingerprint density at radius 1 is 1.33 bits per heavy atom. The molecule has 2 N–H and O–H groups in total. The normalized spacial score (nSPS) is 25.6. The Morgan fingerprint density at radius 3 is 2.52 bits per heavy atom. The van der Waals surface area contributed by atoms with Crippen molar-refractivity contribution >= 4 is 5.91 Å². The predicted molar refractivity (Wildman–Crippen MR) is 80.3 cm³/mol. The van der Waals surface area contributed by atoms with Gasteiger partial charge >= 0.3 is 0 Å². The van der Waals surface area contributed by atoms with Gasteiger partial charge < -0.3 is 10.4 Å². The maximum Gasteiger partial charge on any atom is 0.224 e. The molecule has 116 valence electrons. The highest BCUT2D eigenvalue weighted by atomic mass is 19.1. The SMILES string of the molecule is CCC1CCC(O)(CNC(=O)Cc2ccc(F)cc2)CC1. The number of amides is 1. The topological polar surface area (TPSA) is 49.3 Å². The van der Waals surface area contributed by atoms with Gasteiger partial charge in [0.25, 0.3) is 0 Å². The van der Waals surface area contributed by atoms with Crippen LogP contribution in [-0.4, -0.2) is 23.2 Å². The standard InChI is InChI=1S/C17H24FNO2/c1-2-13-7-9-17(21,10-8-13)12-19-16(20)11-14-3-5-15(18)6-4-14/h3-6,13,21H,2,7-12H2,1H3,(H,19,20). The van der Waals surface area contributed by atoms with Crippen LogP contribution in [0.4, 0.5) is 4.39 Å². The van der Waals surface area contributed by atoms with Crippen molar-refractivity contribution < 1.29 is 14.3 Å². The Morgan fingerprint density at radius 2 is 1.95 bits per heavy atom. The Hall–Kier alpha value is -1.42. The molecule has 1 aromatic carbocycles. The van der Waals surface area contributed by atoms with Gasteiger partial charge in [0, 0.05) is 6.54 Å². The fourth-order valence-corrected chi connectivity index (χ4v) is 2.91. The van der Waals surface area contributed by atoms with E-state index in [1.54, 1.807) is 12.1 Å². The minimum Gasteiger partial charge on any atom is -0.388 e.